The normalized spacial score (nSPS) is 10.3. The standard InChI is InChI=1S/C15H13ClF2N2O/c1-20(2)10-5-3-9(4-6-10)19-15(21)11-7-13(17)14(18)8-12(11)16/h3-8H,1-2H3,(H,19,21). The topological polar surface area (TPSA) is 32.3 Å². The van der Waals surface area contributed by atoms with Gasteiger partial charge in [0, 0.05) is 25.5 Å². The van der Waals surface area contributed by atoms with Gasteiger partial charge in [-0.25, -0.2) is 8.78 Å². The minimum Gasteiger partial charge on any atom is -0.378 e. The molecule has 1 N–H and O–H groups in total. The first kappa shape index (κ1) is 15.3. The number of nitrogens with one attached hydrogen (secondary N) is 1. The van der Waals surface area contributed by atoms with Crippen LogP contribution in [0.3, 0.4) is 0 Å². The molecule has 2 aromatic rings. The van der Waals surface area contributed by atoms with Gasteiger partial charge in [-0.2, -0.15) is 0 Å². The van der Waals surface area contributed by atoms with E-state index in [1.54, 1.807) is 12.1 Å². The SMILES string of the molecule is CN(C)c1ccc(NC(=O)c2cc(F)c(F)cc2Cl)cc1. The number of benzene rings is 2. The Bertz CT molecular complexity index is 672. The molecule has 0 aliphatic carbocycles. The number of carbonyl (C=O) groups excluding carboxylic acids is 1. The highest BCUT2D eigenvalue weighted by Gasteiger charge is 2.15. The van der Waals surface area contributed by atoms with E-state index in [1.807, 2.05) is 31.1 Å². The van der Waals surface area contributed by atoms with Crippen molar-refractivity contribution < 1.29 is 13.6 Å². The maximum Gasteiger partial charge on any atom is 0.257 e. The molecule has 0 saturated carbocycles. The summed E-state index contributed by atoms with van der Waals surface area (Å²) < 4.78 is 26.2. The second-order valence-electron chi connectivity index (χ2n) is 4.64. The third-order valence-corrected chi connectivity index (χ3v) is 3.21. The van der Waals surface area contributed by atoms with E-state index in [4.69, 9.17) is 11.6 Å². The molecule has 0 unspecified atom stereocenters. The van der Waals surface area contributed by atoms with Crippen molar-refractivity contribution >= 4 is 28.9 Å². The zero-order valence-electron chi connectivity index (χ0n) is 11.5. The second kappa shape index (κ2) is 6.10. The number of nitrogens with zero attached hydrogens (tertiary/aromatic N) is 1. The summed E-state index contributed by atoms with van der Waals surface area (Å²) in [5, 5.41) is 2.44. The van der Waals surface area contributed by atoms with Gasteiger partial charge in [-0.05, 0) is 36.4 Å². The van der Waals surface area contributed by atoms with E-state index in [-0.39, 0.29) is 10.6 Å². The van der Waals surface area contributed by atoms with E-state index >= 15 is 0 Å². The molecule has 6 heteroatoms. The highest BCUT2D eigenvalue weighted by Crippen LogP contribution is 2.22. The molecule has 0 bridgehead atoms. The van der Waals surface area contributed by atoms with Gasteiger partial charge in [-0.3, -0.25) is 4.79 Å². The third kappa shape index (κ3) is 3.49. The van der Waals surface area contributed by atoms with E-state index in [9.17, 15) is 13.6 Å². The summed E-state index contributed by atoms with van der Waals surface area (Å²) in [6, 6.07) is 8.62. The van der Waals surface area contributed by atoms with Gasteiger partial charge < -0.3 is 10.2 Å². The molecule has 0 fully saturated rings. The van der Waals surface area contributed by atoms with Crippen molar-refractivity contribution in [2.45, 2.75) is 0 Å². The van der Waals surface area contributed by atoms with Crippen molar-refractivity contribution in [3.63, 3.8) is 0 Å². The number of halogens is 3. The lowest BCUT2D eigenvalue weighted by Gasteiger charge is -2.13. The number of anilines is 2. The number of hydrogen-bond acceptors (Lipinski definition) is 2. The van der Waals surface area contributed by atoms with Crippen molar-refractivity contribution in [2.75, 3.05) is 24.3 Å². The summed E-state index contributed by atoms with van der Waals surface area (Å²) >= 11 is 5.76. The molecule has 2 rings (SSSR count). The van der Waals surface area contributed by atoms with Crippen LogP contribution >= 0.6 is 11.6 Å². The van der Waals surface area contributed by atoms with Crippen LogP contribution in [-0.4, -0.2) is 20.0 Å². The van der Waals surface area contributed by atoms with Gasteiger partial charge in [-0.15, -0.1) is 0 Å². The Labute approximate surface area is 126 Å². The fraction of sp³-hybridized carbons (Fsp3) is 0.133. The lowest BCUT2D eigenvalue weighted by Crippen LogP contribution is -2.13. The number of amides is 1. The Balaban J connectivity index is 2.20. The van der Waals surface area contributed by atoms with Gasteiger partial charge in [0.25, 0.3) is 5.91 Å². The fourth-order valence-electron chi connectivity index (χ4n) is 1.74. The van der Waals surface area contributed by atoms with Crippen molar-refractivity contribution in [3.05, 3.63) is 58.6 Å². The predicted octanol–water partition coefficient (Wildman–Crippen LogP) is 3.94. The quantitative estimate of drug-likeness (QED) is 0.871. The maximum absolute atomic E-state index is 13.2. The van der Waals surface area contributed by atoms with Gasteiger partial charge in [-0.1, -0.05) is 11.6 Å². The molecular formula is C15H13ClF2N2O. The number of rotatable bonds is 3. The molecule has 2 aromatic carbocycles. The van der Waals surface area contributed by atoms with Crippen LogP contribution in [0.5, 0.6) is 0 Å². The van der Waals surface area contributed by atoms with Gasteiger partial charge in [0.2, 0.25) is 0 Å². The van der Waals surface area contributed by atoms with Gasteiger partial charge in [0.05, 0.1) is 10.6 Å². The molecule has 0 radical (unpaired) electrons. The smallest absolute Gasteiger partial charge is 0.257 e. The van der Waals surface area contributed by atoms with E-state index in [0.717, 1.165) is 17.8 Å². The Morgan fingerprint density at radius 2 is 1.67 bits per heavy atom. The number of hydrogen-bond donors (Lipinski definition) is 1. The van der Waals surface area contributed by atoms with Crippen molar-refractivity contribution in [2.24, 2.45) is 0 Å². The summed E-state index contributed by atoms with van der Waals surface area (Å²) in [6.45, 7) is 0. The molecule has 3 nitrogen and oxygen atoms in total. The zero-order chi connectivity index (χ0) is 15.6. The third-order valence-electron chi connectivity index (χ3n) is 2.90. The van der Waals surface area contributed by atoms with Crippen LogP contribution in [0.4, 0.5) is 20.2 Å². The van der Waals surface area contributed by atoms with Crippen LogP contribution in [0.15, 0.2) is 36.4 Å². The zero-order valence-corrected chi connectivity index (χ0v) is 12.2. The monoisotopic (exact) mass is 310 g/mol. The van der Waals surface area contributed by atoms with E-state index in [0.29, 0.717) is 5.69 Å². The van der Waals surface area contributed by atoms with Gasteiger partial charge >= 0.3 is 0 Å². The van der Waals surface area contributed by atoms with Crippen LogP contribution in [0.25, 0.3) is 0 Å². The number of carbonyl (C=O) groups is 1. The predicted molar refractivity (Wildman–Crippen MR) is 80.1 cm³/mol. The Kier molecular flexibility index (Phi) is 4.43. The van der Waals surface area contributed by atoms with E-state index < -0.39 is 17.5 Å². The van der Waals surface area contributed by atoms with Crippen LogP contribution in [0, 0.1) is 11.6 Å². The molecule has 1 amide bonds. The average Bonchev–Trinajstić information content (AvgIpc) is 2.43. The minimum atomic E-state index is -1.12. The molecule has 0 atom stereocenters. The molecule has 21 heavy (non-hydrogen) atoms. The molecule has 0 spiro atoms. The summed E-state index contributed by atoms with van der Waals surface area (Å²) in [5.41, 5.74) is 1.39. The van der Waals surface area contributed by atoms with Gasteiger partial charge in [0.15, 0.2) is 11.6 Å². The lowest BCUT2D eigenvalue weighted by atomic mass is 10.2. The molecule has 110 valence electrons. The highest BCUT2D eigenvalue weighted by atomic mass is 35.5. The first-order valence-corrected chi connectivity index (χ1v) is 6.49. The van der Waals surface area contributed by atoms with Crippen LogP contribution in [0.2, 0.25) is 5.02 Å². The van der Waals surface area contributed by atoms with E-state index in [1.165, 1.54) is 0 Å². The van der Waals surface area contributed by atoms with Crippen LogP contribution < -0.4 is 10.2 Å². The molecule has 0 aromatic heterocycles. The minimum absolute atomic E-state index is 0.118. The lowest BCUT2D eigenvalue weighted by molar-refractivity contribution is 0.102. The fourth-order valence-corrected chi connectivity index (χ4v) is 1.97. The Morgan fingerprint density at radius 3 is 2.24 bits per heavy atom. The summed E-state index contributed by atoms with van der Waals surface area (Å²) in [4.78, 5) is 13.9. The average molecular weight is 311 g/mol. The largest absolute Gasteiger partial charge is 0.378 e. The Hall–Kier alpha value is -2.14. The first-order chi connectivity index (χ1) is 9.88. The molecular weight excluding hydrogens is 298 g/mol. The Morgan fingerprint density at radius 1 is 1.10 bits per heavy atom. The summed E-state index contributed by atoms with van der Waals surface area (Å²) in [6.07, 6.45) is 0. The maximum atomic E-state index is 13.2. The highest BCUT2D eigenvalue weighted by molar-refractivity contribution is 6.34. The van der Waals surface area contributed by atoms with Crippen LogP contribution in [0.1, 0.15) is 10.4 Å². The van der Waals surface area contributed by atoms with Crippen molar-refractivity contribution in [1.82, 2.24) is 0 Å². The summed E-state index contributed by atoms with van der Waals surface area (Å²) in [7, 11) is 3.79. The van der Waals surface area contributed by atoms with Gasteiger partial charge in [0.1, 0.15) is 0 Å². The molecule has 0 heterocycles. The second-order valence-corrected chi connectivity index (χ2v) is 5.05. The van der Waals surface area contributed by atoms with Crippen molar-refractivity contribution in [3.8, 4) is 0 Å². The summed E-state index contributed by atoms with van der Waals surface area (Å²) in [5.74, 6) is -2.81. The molecule has 0 aliphatic rings. The molecule has 0 aliphatic heterocycles. The molecule has 0 saturated heterocycles. The van der Waals surface area contributed by atoms with E-state index in [2.05, 4.69) is 5.32 Å². The van der Waals surface area contributed by atoms with Crippen molar-refractivity contribution in [1.29, 1.82) is 0 Å². The first-order valence-electron chi connectivity index (χ1n) is 6.12. The van der Waals surface area contributed by atoms with Crippen LogP contribution in [-0.2, 0) is 0 Å².